The van der Waals surface area contributed by atoms with Crippen molar-refractivity contribution in [1.29, 1.82) is 0 Å². The van der Waals surface area contributed by atoms with E-state index < -0.39 is 0 Å². The number of aryl methyl sites for hydroxylation is 1. The lowest BCUT2D eigenvalue weighted by atomic mass is 10.1. The highest BCUT2D eigenvalue weighted by Gasteiger charge is 2.16. The van der Waals surface area contributed by atoms with Gasteiger partial charge in [0.15, 0.2) is 5.76 Å². The Balaban J connectivity index is 1.57. The summed E-state index contributed by atoms with van der Waals surface area (Å²) >= 11 is 0. The third-order valence-electron chi connectivity index (χ3n) is 4.88. The first-order valence-electron chi connectivity index (χ1n) is 9.48. The number of nitrogens with one attached hydrogen (secondary N) is 1. The Kier molecular flexibility index (Phi) is 5.34. The first-order valence-corrected chi connectivity index (χ1v) is 9.48. The van der Waals surface area contributed by atoms with Gasteiger partial charge in [-0.1, -0.05) is 30.3 Å². The molecule has 7 nitrogen and oxygen atoms in total. The van der Waals surface area contributed by atoms with E-state index in [0.29, 0.717) is 35.5 Å². The van der Waals surface area contributed by atoms with E-state index in [1.807, 2.05) is 30.3 Å². The molecule has 0 saturated heterocycles. The molecule has 0 aliphatic rings. The van der Waals surface area contributed by atoms with Gasteiger partial charge in [-0.15, -0.1) is 0 Å². The maximum Gasteiger partial charge on any atom is 0.287 e. The molecular formula is C23H21N3O4. The summed E-state index contributed by atoms with van der Waals surface area (Å²) in [6, 6.07) is 16.8. The fourth-order valence-electron chi connectivity index (χ4n) is 3.31. The minimum atomic E-state index is -0.362. The molecule has 1 N–H and O–H groups in total. The van der Waals surface area contributed by atoms with Crippen LogP contribution in [0.4, 0.5) is 0 Å². The van der Waals surface area contributed by atoms with Crippen molar-refractivity contribution >= 4 is 17.0 Å². The number of pyridine rings is 2. The summed E-state index contributed by atoms with van der Waals surface area (Å²) < 4.78 is 12.2. The maximum atomic E-state index is 12.7. The Labute approximate surface area is 172 Å². The van der Waals surface area contributed by atoms with Crippen LogP contribution in [0.1, 0.15) is 27.2 Å². The van der Waals surface area contributed by atoms with Gasteiger partial charge in [-0.3, -0.25) is 14.2 Å². The Morgan fingerprint density at radius 1 is 1.13 bits per heavy atom. The normalized spacial score (nSPS) is 10.9. The van der Waals surface area contributed by atoms with Crippen LogP contribution in [0.5, 0.6) is 5.88 Å². The van der Waals surface area contributed by atoms with E-state index in [0.717, 1.165) is 11.1 Å². The molecule has 0 bridgehead atoms. The largest absolute Gasteiger partial charge is 0.481 e. The minimum absolute atomic E-state index is 0.142. The predicted octanol–water partition coefficient (Wildman–Crippen LogP) is 3.06. The van der Waals surface area contributed by atoms with Crippen LogP contribution in [0.25, 0.3) is 11.1 Å². The molecule has 1 aromatic carbocycles. The number of nitrogens with zero attached hydrogens (tertiary/aromatic N) is 2. The quantitative estimate of drug-likeness (QED) is 0.535. The van der Waals surface area contributed by atoms with Crippen molar-refractivity contribution in [1.82, 2.24) is 14.9 Å². The highest BCUT2D eigenvalue weighted by molar-refractivity contribution is 5.95. The van der Waals surface area contributed by atoms with Crippen molar-refractivity contribution in [3.8, 4) is 5.88 Å². The summed E-state index contributed by atoms with van der Waals surface area (Å²) in [6.45, 7) is 0.299. The lowest BCUT2D eigenvalue weighted by Gasteiger charge is -2.05. The van der Waals surface area contributed by atoms with Gasteiger partial charge in [0.25, 0.3) is 11.5 Å². The van der Waals surface area contributed by atoms with Gasteiger partial charge < -0.3 is 14.5 Å². The van der Waals surface area contributed by atoms with Gasteiger partial charge in [-0.2, -0.15) is 0 Å². The summed E-state index contributed by atoms with van der Waals surface area (Å²) in [4.78, 5) is 29.3. The predicted molar refractivity (Wildman–Crippen MR) is 113 cm³/mol. The van der Waals surface area contributed by atoms with Gasteiger partial charge in [0.1, 0.15) is 0 Å². The molecule has 0 spiro atoms. The van der Waals surface area contributed by atoms with Crippen LogP contribution in [0.2, 0.25) is 0 Å². The third-order valence-corrected chi connectivity index (χ3v) is 4.88. The Morgan fingerprint density at radius 3 is 2.70 bits per heavy atom. The van der Waals surface area contributed by atoms with Crippen LogP contribution in [0, 0.1) is 0 Å². The summed E-state index contributed by atoms with van der Waals surface area (Å²) in [5, 5.41) is 3.52. The zero-order chi connectivity index (χ0) is 21.1. The topological polar surface area (TPSA) is 86.4 Å². The second-order valence-corrected chi connectivity index (χ2v) is 6.96. The van der Waals surface area contributed by atoms with Crippen molar-refractivity contribution in [2.45, 2.75) is 13.0 Å². The Hall–Kier alpha value is -3.87. The van der Waals surface area contributed by atoms with E-state index in [1.54, 1.807) is 37.5 Å². The number of amides is 1. The number of hydrogen-bond acceptors (Lipinski definition) is 5. The third kappa shape index (κ3) is 3.96. The van der Waals surface area contributed by atoms with Crippen molar-refractivity contribution in [2.24, 2.45) is 7.05 Å². The second kappa shape index (κ2) is 8.24. The van der Waals surface area contributed by atoms with Crippen LogP contribution >= 0.6 is 0 Å². The fourth-order valence-corrected chi connectivity index (χ4v) is 3.31. The van der Waals surface area contributed by atoms with Crippen molar-refractivity contribution in [3.63, 3.8) is 0 Å². The zero-order valence-corrected chi connectivity index (χ0v) is 16.7. The molecule has 4 rings (SSSR count). The monoisotopic (exact) mass is 403 g/mol. The molecule has 0 radical (unpaired) electrons. The Morgan fingerprint density at radius 2 is 1.93 bits per heavy atom. The minimum Gasteiger partial charge on any atom is -0.481 e. The number of hydrogen-bond donors (Lipinski definition) is 1. The van der Waals surface area contributed by atoms with Gasteiger partial charge in [0.05, 0.1) is 7.11 Å². The molecule has 0 aliphatic carbocycles. The molecule has 1 amide bonds. The molecule has 0 saturated carbocycles. The lowest BCUT2D eigenvalue weighted by Crippen LogP contribution is -2.22. The number of rotatable bonds is 6. The van der Waals surface area contributed by atoms with E-state index >= 15 is 0 Å². The van der Waals surface area contributed by atoms with Crippen LogP contribution in [0.3, 0.4) is 0 Å². The van der Waals surface area contributed by atoms with E-state index in [1.165, 1.54) is 11.7 Å². The fraction of sp³-hybridized carbons (Fsp3) is 0.174. The van der Waals surface area contributed by atoms with Crippen LogP contribution in [-0.2, 0) is 20.0 Å². The van der Waals surface area contributed by atoms with Crippen LogP contribution in [0.15, 0.2) is 70.0 Å². The molecule has 3 heterocycles. The maximum absolute atomic E-state index is 12.7. The number of methoxy groups -OCH3 is 1. The zero-order valence-electron chi connectivity index (χ0n) is 16.7. The van der Waals surface area contributed by atoms with Gasteiger partial charge in [0, 0.05) is 43.2 Å². The molecule has 0 unspecified atom stereocenters. The first kappa shape index (κ1) is 19.4. The van der Waals surface area contributed by atoms with Crippen molar-refractivity contribution < 1.29 is 13.9 Å². The molecule has 0 aliphatic heterocycles. The van der Waals surface area contributed by atoms with Crippen molar-refractivity contribution in [3.05, 3.63) is 93.6 Å². The molecule has 3 aromatic heterocycles. The number of furan rings is 1. The van der Waals surface area contributed by atoms with E-state index in [4.69, 9.17) is 9.15 Å². The Bertz CT molecular complexity index is 1260. The number of carbonyl (C=O) groups is 1. The number of benzene rings is 1. The smallest absolute Gasteiger partial charge is 0.287 e. The van der Waals surface area contributed by atoms with Gasteiger partial charge >= 0.3 is 0 Å². The van der Waals surface area contributed by atoms with Crippen LogP contribution < -0.4 is 15.6 Å². The summed E-state index contributed by atoms with van der Waals surface area (Å²) in [6.07, 6.45) is 2.13. The summed E-state index contributed by atoms with van der Waals surface area (Å²) in [5.41, 5.74) is 2.77. The summed E-state index contributed by atoms with van der Waals surface area (Å²) in [7, 11) is 3.18. The number of fused-ring (bicyclic) bond motifs is 1. The lowest BCUT2D eigenvalue weighted by molar-refractivity contribution is 0.0924. The number of ether oxygens (including phenoxy) is 1. The highest BCUT2D eigenvalue weighted by atomic mass is 16.5. The van der Waals surface area contributed by atoms with E-state index in [2.05, 4.69) is 10.3 Å². The van der Waals surface area contributed by atoms with Gasteiger partial charge in [-0.05, 0) is 29.3 Å². The standard InChI is InChI=1S/C23H21N3O4/c1-26-22(28)17(10-15-6-4-3-5-7-15)12-18-13-19(30-23(18)26)21(27)25-14-16-8-9-24-20(11-16)29-2/h3-9,11-13H,10,14H2,1-2H3,(H,25,27). The average molecular weight is 403 g/mol. The SMILES string of the molecule is COc1cc(CNC(=O)c2cc3cc(Cc4ccccc4)c(=O)n(C)c3o2)ccn1. The first-order chi connectivity index (χ1) is 14.5. The average Bonchev–Trinajstić information content (AvgIpc) is 3.21. The molecule has 4 aromatic rings. The molecule has 0 atom stereocenters. The van der Waals surface area contributed by atoms with E-state index in [9.17, 15) is 9.59 Å². The van der Waals surface area contributed by atoms with Crippen molar-refractivity contribution in [2.75, 3.05) is 7.11 Å². The number of aromatic nitrogens is 2. The summed E-state index contributed by atoms with van der Waals surface area (Å²) in [5.74, 6) is 0.267. The second-order valence-electron chi connectivity index (χ2n) is 6.96. The molecule has 7 heteroatoms. The molecule has 0 fully saturated rings. The van der Waals surface area contributed by atoms with Crippen LogP contribution in [-0.4, -0.2) is 22.6 Å². The molecular weight excluding hydrogens is 382 g/mol. The van der Waals surface area contributed by atoms with Gasteiger partial charge in [0.2, 0.25) is 11.6 Å². The molecule has 30 heavy (non-hydrogen) atoms. The van der Waals surface area contributed by atoms with E-state index in [-0.39, 0.29) is 17.2 Å². The van der Waals surface area contributed by atoms with Gasteiger partial charge in [-0.25, -0.2) is 4.98 Å². The highest BCUT2D eigenvalue weighted by Crippen LogP contribution is 2.20. The molecule has 152 valence electrons. The number of carbonyl (C=O) groups excluding carboxylic acids is 1.